The molecule has 0 aliphatic carbocycles. The Bertz CT molecular complexity index is 1160. The van der Waals surface area contributed by atoms with Crippen molar-refractivity contribution in [3.8, 4) is 23.0 Å². The number of aromatic hydroxyl groups is 2. The molecule has 0 radical (unpaired) electrons. The van der Waals surface area contributed by atoms with Crippen LogP contribution in [0.15, 0.2) is 42.0 Å². The van der Waals surface area contributed by atoms with Gasteiger partial charge in [0.2, 0.25) is 0 Å². The van der Waals surface area contributed by atoms with Crippen LogP contribution in [0.4, 0.5) is 0 Å². The molecular formula is C28H32O6. The average Bonchev–Trinajstić information content (AvgIpc) is 2.75. The maximum absolute atomic E-state index is 13.9. The van der Waals surface area contributed by atoms with Crippen LogP contribution >= 0.6 is 0 Å². The van der Waals surface area contributed by atoms with Crippen LogP contribution in [0.3, 0.4) is 0 Å². The third kappa shape index (κ3) is 5.16. The van der Waals surface area contributed by atoms with Crippen molar-refractivity contribution >= 4 is 17.6 Å². The van der Waals surface area contributed by atoms with Gasteiger partial charge in [-0.2, -0.15) is 0 Å². The molecule has 1 aliphatic heterocycles. The molecule has 34 heavy (non-hydrogen) atoms. The first kappa shape index (κ1) is 25.1. The van der Waals surface area contributed by atoms with E-state index in [0.717, 1.165) is 5.57 Å². The molecule has 1 heterocycles. The van der Waals surface area contributed by atoms with E-state index in [-0.39, 0.29) is 35.0 Å². The van der Waals surface area contributed by atoms with Gasteiger partial charge in [0, 0.05) is 12.0 Å². The predicted octanol–water partition coefficient (Wildman–Crippen LogP) is 5.74. The Hall–Kier alpha value is -3.54. The van der Waals surface area contributed by atoms with Gasteiger partial charge in [0.25, 0.3) is 0 Å². The van der Waals surface area contributed by atoms with Crippen molar-refractivity contribution in [1.82, 2.24) is 0 Å². The molecule has 1 aliphatic rings. The van der Waals surface area contributed by atoms with E-state index >= 15 is 0 Å². The lowest BCUT2D eigenvalue weighted by Gasteiger charge is -2.32. The summed E-state index contributed by atoms with van der Waals surface area (Å²) in [6.07, 6.45) is 5.98. The largest absolute Gasteiger partial charge is 0.508 e. The number of hydrogen-bond donors (Lipinski definition) is 2. The van der Waals surface area contributed by atoms with Crippen LogP contribution in [-0.4, -0.2) is 34.5 Å². The van der Waals surface area contributed by atoms with Crippen molar-refractivity contribution in [1.29, 1.82) is 0 Å². The van der Waals surface area contributed by atoms with Crippen molar-refractivity contribution in [3.63, 3.8) is 0 Å². The summed E-state index contributed by atoms with van der Waals surface area (Å²) in [5.74, 6) is -0.928. The van der Waals surface area contributed by atoms with Gasteiger partial charge in [-0.3, -0.25) is 9.59 Å². The van der Waals surface area contributed by atoms with Gasteiger partial charge >= 0.3 is 0 Å². The lowest BCUT2D eigenvalue weighted by Crippen LogP contribution is -2.29. The standard InChI is InChI=1S/C28H32O6/c1-16(2)7-12-21-26-20(13-14-28(4,5)34-26)24(31)23(27(21)33-6)25(32)22(15-17(3)29)18-8-10-19(30)11-9-18/h7-11,13-14,22,30-31H,12,15H2,1-6H3/t22-/m1/s1. The molecule has 0 saturated carbocycles. The lowest BCUT2D eigenvalue weighted by atomic mass is 9.83. The van der Waals surface area contributed by atoms with Crippen molar-refractivity contribution in [2.75, 3.05) is 7.11 Å². The number of allylic oxidation sites excluding steroid dienone is 2. The van der Waals surface area contributed by atoms with Gasteiger partial charge in [-0.05, 0) is 70.9 Å². The number of phenols is 2. The maximum atomic E-state index is 13.9. The molecule has 3 rings (SSSR count). The quantitative estimate of drug-likeness (QED) is 0.382. The fourth-order valence-electron chi connectivity index (χ4n) is 4.09. The molecule has 0 saturated heterocycles. The van der Waals surface area contributed by atoms with E-state index in [1.54, 1.807) is 18.2 Å². The van der Waals surface area contributed by atoms with Crippen LogP contribution in [0.25, 0.3) is 6.08 Å². The summed E-state index contributed by atoms with van der Waals surface area (Å²) in [6.45, 7) is 9.19. The first-order chi connectivity index (χ1) is 15.9. The number of hydrogen-bond acceptors (Lipinski definition) is 6. The van der Waals surface area contributed by atoms with Crippen LogP contribution in [0.1, 0.15) is 74.0 Å². The molecule has 6 heteroatoms. The van der Waals surface area contributed by atoms with Crippen LogP contribution in [0.5, 0.6) is 23.0 Å². The molecule has 0 fully saturated rings. The molecule has 2 aromatic rings. The number of phenolic OH excluding ortho intramolecular Hbond substituents is 2. The maximum Gasteiger partial charge on any atom is 0.178 e. The first-order valence-electron chi connectivity index (χ1n) is 11.2. The number of benzene rings is 2. The zero-order valence-electron chi connectivity index (χ0n) is 20.6. The van der Waals surface area contributed by atoms with E-state index in [9.17, 15) is 19.8 Å². The Kier molecular flexibility index (Phi) is 7.20. The highest BCUT2D eigenvalue weighted by atomic mass is 16.5. The molecule has 6 nitrogen and oxygen atoms in total. The van der Waals surface area contributed by atoms with Gasteiger partial charge < -0.3 is 19.7 Å². The van der Waals surface area contributed by atoms with Gasteiger partial charge in [0.05, 0.1) is 18.6 Å². The highest BCUT2D eigenvalue weighted by Crippen LogP contribution is 2.49. The summed E-state index contributed by atoms with van der Waals surface area (Å²) >= 11 is 0. The normalized spacial score (nSPS) is 14.5. The summed E-state index contributed by atoms with van der Waals surface area (Å²) in [4.78, 5) is 26.0. The van der Waals surface area contributed by atoms with Crippen molar-refractivity contribution in [2.24, 2.45) is 0 Å². The molecule has 0 spiro atoms. The molecule has 0 aromatic heterocycles. The second kappa shape index (κ2) is 9.75. The number of Topliss-reactive ketones (excluding diaryl/α,β-unsaturated/α-hetero) is 2. The molecule has 0 amide bonds. The summed E-state index contributed by atoms with van der Waals surface area (Å²) < 4.78 is 11.9. The zero-order valence-corrected chi connectivity index (χ0v) is 20.6. The molecule has 2 N–H and O–H groups in total. The van der Waals surface area contributed by atoms with Crippen LogP contribution < -0.4 is 9.47 Å². The van der Waals surface area contributed by atoms with Gasteiger partial charge in [-0.1, -0.05) is 23.8 Å². The Morgan fingerprint density at radius 1 is 1.12 bits per heavy atom. The summed E-state index contributed by atoms with van der Waals surface area (Å²) in [6, 6.07) is 6.16. The third-order valence-electron chi connectivity index (χ3n) is 5.80. The summed E-state index contributed by atoms with van der Waals surface area (Å²) in [7, 11) is 1.45. The Morgan fingerprint density at radius 2 is 1.76 bits per heavy atom. The molecule has 1 atom stereocenters. The smallest absolute Gasteiger partial charge is 0.178 e. The summed E-state index contributed by atoms with van der Waals surface area (Å²) in [5, 5.41) is 21.0. The Balaban J connectivity index is 2.28. The van der Waals surface area contributed by atoms with Crippen LogP contribution in [0.2, 0.25) is 0 Å². The number of fused-ring (bicyclic) bond motifs is 1. The number of ether oxygens (including phenoxy) is 2. The SMILES string of the molecule is COc1c(CC=C(C)C)c2c(c(O)c1C(=O)[C@H](CC(C)=O)c1ccc(O)cc1)C=CC(C)(C)O2. The van der Waals surface area contributed by atoms with Crippen molar-refractivity contribution < 1.29 is 29.3 Å². The van der Waals surface area contributed by atoms with Crippen LogP contribution in [0, 0.1) is 0 Å². The highest BCUT2D eigenvalue weighted by molar-refractivity contribution is 6.08. The minimum absolute atomic E-state index is 0.0192. The van der Waals surface area contributed by atoms with Gasteiger partial charge in [0.1, 0.15) is 39.9 Å². The average molecular weight is 465 g/mol. The number of methoxy groups -OCH3 is 1. The lowest BCUT2D eigenvalue weighted by molar-refractivity contribution is -0.117. The monoisotopic (exact) mass is 464 g/mol. The van der Waals surface area contributed by atoms with Gasteiger partial charge in [-0.25, -0.2) is 0 Å². The van der Waals surface area contributed by atoms with Crippen LogP contribution in [-0.2, 0) is 11.2 Å². The Labute approximate surface area is 200 Å². The fourth-order valence-corrected chi connectivity index (χ4v) is 4.09. The number of ketones is 2. The van der Waals surface area contributed by atoms with Crippen molar-refractivity contribution in [3.05, 3.63) is 64.2 Å². The number of rotatable bonds is 8. The second-order valence-corrected chi connectivity index (χ2v) is 9.42. The fraction of sp³-hybridized carbons (Fsp3) is 0.357. The third-order valence-corrected chi connectivity index (χ3v) is 5.80. The number of carbonyl (C=O) groups is 2. The number of carbonyl (C=O) groups excluding carboxylic acids is 2. The van der Waals surface area contributed by atoms with E-state index in [4.69, 9.17) is 9.47 Å². The predicted molar refractivity (Wildman–Crippen MR) is 132 cm³/mol. The van der Waals surface area contributed by atoms with Crippen molar-refractivity contribution in [2.45, 2.75) is 59.0 Å². The van der Waals surface area contributed by atoms with E-state index in [0.29, 0.717) is 28.9 Å². The molecule has 0 bridgehead atoms. The Morgan fingerprint density at radius 3 is 2.32 bits per heavy atom. The highest BCUT2D eigenvalue weighted by Gasteiger charge is 2.36. The van der Waals surface area contributed by atoms with E-state index in [1.807, 2.05) is 39.8 Å². The minimum Gasteiger partial charge on any atom is -0.508 e. The molecule has 180 valence electrons. The first-order valence-corrected chi connectivity index (χ1v) is 11.2. The minimum atomic E-state index is -0.850. The topological polar surface area (TPSA) is 93.1 Å². The molecular weight excluding hydrogens is 432 g/mol. The van der Waals surface area contributed by atoms with Gasteiger partial charge in [-0.15, -0.1) is 0 Å². The van der Waals surface area contributed by atoms with E-state index in [1.165, 1.54) is 26.2 Å². The van der Waals surface area contributed by atoms with Gasteiger partial charge in [0.15, 0.2) is 5.78 Å². The second-order valence-electron chi connectivity index (χ2n) is 9.42. The molecule has 0 unspecified atom stereocenters. The zero-order chi connectivity index (χ0) is 25.2. The summed E-state index contributed by atoms with van der Waals surface area (Å²) in [5.41, 5.74) is 2.14. The van der Waals surface area contributed by atoms with E-state index in [2.05, 4.69) is 0 Å². The molecule has 2 aromatic carbocycles. The van der Waals surface area contributed by atoms with E-state index < -0.39 is 17.3 Å².